The minimum absolute atomic E-state index is 0.599. The van der Waals surface area contributed by atoms with E-state index in [2.05, 4.69) is 16.4 Å². The van der Waals surface area contributed by atoms with Gasteiger partial charge in [0.15, 0.2) is 5.96 Å². The molecule has 12 heavy (non-hydrogen) atoms. The Bertz CT molecular complexity index is 180. The van der Waals surface area contributed by atoms with E-state index in [1.807, 2.05) is 13.0 Å². The summed E-state index contributed by atoms with van der Waals surface area (Å²) >= 11 is 0. The van der Waals surface area contributed by atoms with Crippen molar-refractivity contribution in [3.8, 4) is 0 Å². The van der Waals surface area contributed by atoms with Gasteiger partial charge < -0.3 is 11.1 Å². The number of guanidine groups is 1. The fourth-order valence-electron chi connectivity index (χ4n) is 0.909. The lowest BCUT2D eigenvalue weighted by Gasteiger charge is -2.01. The van der Waals surface area contributed by atoms with E-state index in [0.29, 0.717) is 12.0 Å². The number of nitrogens with one attached hydrogen (secondary N) is 1. The molecule has 1 aliphatic carbocycles. The molecule has 0 bridgehead atoms. The molecule has 1 saturated carbocycles. The monoisotopic (exact) mass is 167 g/mol. The van der Waals surface area contributed by atoms with Crippen LogP contribution in [0, 0.1) is 0 Å². The summed E-state index contributed by atoms with van der Waals surface area (Å²) in [6.07, 6.45) is 7.58. The SMILES string of the molecule is C/C=C/CCN=C(N)NC1CC1. The Hall–Kier alpha value is -0.990. The molecule has 0 aromatic rings. The normalized spacial score (nSPS) is 18.6. The molecule has 0 heterocycles. The van der Waals surface area contributed by atoms with Crippen molar-refractivity contribution in [2.75, 3.05) is 6.54 Å². The van der Waals surface area contributed by atoms with E-state index in [1.54, 1.807) is 0 Å². The molecule has 3 heteroatoms. The first-order valence-corrected chi connectivity index (χ1v) is 4.50. The molecular weight excluding hydrogens is 150 g/mol. The number of hydrogen-bond donors (Lipinski definition) is 2. The molecule has 0 unspecified atom stereocenters. The fraction of sp³-hybridized carbons (Fsp3) is 0.667. The first-order valence-electron chi connectivity index (χ1n) is 4.50. The molecule has 68 valence electrons. The number of allylic oxidation sites excluding steroid dienone is 1. The van der Waals surface area contributed by atoms with Crippen molar-refractivity contribution in [2.45, 2.75) is 32.2 Å². The molecule has 0 aliphatic heterocycles. The van der Waals surface area contributed by atoms with Crippen LogP contribution in [0.5, 0.6) is 0 Å². The first kappa shape index (κ1) is 9.10. The van der Waals surface area contributed by atoms with Crippen LogP contribution < -0.4 is 11.1 Å². The third kappa shape index (κ3) is 4.01. The summed E-state index contributed by atoms with van der Waals surface area (Å²) in [5, 5.41) is 3.13. The lowest BCUT2D eigenvalue weighted by molar-refractivity contribution is 0.875. The average molecular weight is 167 g/mol. The van der Waals surface area contributed by atoms with Gasteiger partial charge in [-0.05, 0) is 26.2 Å². The third-order valence-corrected chi connectivity index (χ3v) is 1.74. The van der Waals surface area contributed by atoms with Crippen molar-refractivity contribution in [3.63, 3.8) is 0 Å². The molecule has 0 saturated heterocycles. The second-order valence-electron chi connectivity index (χ2n) is 3.04. The largest absolute Gasteiger partial charge is 0.370 e. The van der Waals surface area contributed by atoms with Crippen LogP contribution in [0.1, 0.15) is 26.2 Å². The molecule has 0 atom stereocenters. The van der Waals surface area contributed by atoms with Gasteiger partial charge in [-0.1, -0.05) is 12.2 Å². The highest BCUT2D eigenvalue weighted by atomic mass is 15.1. The average Bonchev–Trinajstić information content (AvgIpc) is 2.82. The van der Waals surface area contributed by atoms with Crippen LogP contribution in [0.2, 0.25) is 0 Å². The van der Waals surface area contributed by atoms with Gasteiger partial charge in [-0.3, -0.25) is 4.99 Å². The van der Waals surface area contributed by atoms with Crippen molar-refractivity contribution < 1.29 is 0 Å². The summed E-state index contributed by atoms with van der Waals surface area (Å²) in [5.74, 6) is 0.599. The molecular formula is C9H17N3. The Kier molecular flexibility index (Phi) is 3.64. The minimum Gasteiger partial charge on any atom is -0.370 e. The highest BCUT2D eigenvalue weighted by molar-refractivity contribution is 5.78. The van der Waals surface area contributed by atoms with Gasteiger partial charge in [0.25, 0.3) is 0 Å². The summed E-state index contributed by atoms with van der Waals surface area (Å²) in [6.45, 7) is 2.80. The first-order chi connectivity index (χ1) is 5.83. The third-order valence-electron chi connectivity index (χ3n) is 1.74. The number of nitrogens with zero attached hydrogens (tertiary/aromatic N) is 1. The second-order valence-corrected chi connectivity index (χ2v) is 3.04. The van der Waals surface area contributed by atoms with Gasteiger partial charge >= 0.3 is 0 Å². The maximum absolute atomic E-state index is 5.61. The van der Waals surface area contributed by atoms with E-state index >= 15 is 0 Å². The molecule has 1 aliphatic rings. The van der Waals surface area contributed by atoms with Crippen molar-refractivity contribution in [1.82, 2.24) is 5.32 Å². The van der Waals surface area contributed by atoms with Gasteiger partial charge in [0.1, 0.15) is 0 Å². The Morgan fingerprint density at radius 3 is 3.00 bits per heavy atom. The van der Waals surface area contributed by atoms with E-state index < -0.39 is 0 Å². The maximum Gasteiger partial charge on any atom is 0.188 e. The molecule has 1 fully saturated rings. The van der Waals surface area contributed by atoms with Gasteiger partial charge in [-0.15, -0.1) is 0 Å². The Morgan fingerprint density at radius 2 is 2.42 bits per heavy atom. The predicted octanol–water partition coefficient (Wildman–Crippen LogP) is 1.02. The van der Waals surface area contributed by atoms with E-state index in [4.69, 9.17) is 5.73 Å². The minimum atomic E-state index is 0.599. The quantitative estimate of drug-likeness (QED) is 0.284. The topological polar surface area (TPSA) is 50.4 Å². The number of aliphatic imine (C=N–C) groups is 1. The van der Waals surface area contributed by atoms with Crippen LogP contribution in [0.3, 0.4) is 0 Å². The van der Waals surface area contributed by atoms with Crippen molar-refractivity contribution in [2.24, 2.45) is 10.7 Å². The van der Waals surface area contributed by atoms with E-state index in [9.17, 15) is 0 Å². The molecule has 0 aromatic carbocycles. The smallest absolute Gasteiger partial charge is 0.188 e. The molecule has 3 N–H and O–H groups in total. The Balaban J connectivity index is 2.07. The van der Waals surface area contributed by atoms with E-state index in [-0.39, 0.29) is 0 Å². The molecule has 0 spiro atoms. The van der Waals surface area contributed by atoms with Gasteiger partial charge in [-0.2, -0.15) is 0 Å². The summed E-state index contributed by atoms with van der Waals surface area (Å²) < 4.78 is 0. The molecule has 1 rings (SSSR count). The van der Waals surface area contributed by atoms with Crippen LogP contribution in [0.15, 0.2) is 17.1 Å². The van der Waals surface area contributed by atoms with Crippen LogP contribution in [0.4, 0.5) is 0 Å². The predicted molar refractivity (Wildman–Crippen MR) is 52.1 cm³/mol. The van der Waals surface area contributed by atoms with Gasteiger partial charge in [0, 0.05) is 12.6 Å². The second kappa shape index (κ2) is 4.80. The maximum atomic E-state index is 5.61. The van der Waals surface area contributed by atoms with Crippen LogP contribution in [-0.2, 0) is 0 Å². The van der Waals surface area contributed by atoms with Crippen molar-refractivity contribution in [3.05, 3.63) is 12.2 Å². The number of rotatable bonds is 4. The number of nitrogens with two attached hydrogens (primary N) is 1. The summed E-state index contributed by atoms with van der Waals surface area (Å²) in [6, 6.07) is 0.607. The molecule has 0 aromatic heterocycles. The molecule has 0 amide bonds. The number of hydrogen-bond acceptors (Lipinski definition) is 1. The van der Waals surface area contributed by atoms with Crippen LogP contribution >= 0.6 is 0 Å². The van der Waals surface area contributed by atoms with E-state index in [1.165, 1.54) is 12.8 Å². The highest BCUT2D eigenvalue weighted by Gasteiger charge is 2.20. The van der Waals surface area contributed by atoms with Gasteiger partial charge in [0.05, 0.1) is 0 Å². The van der Waals surface area contributed by atoms with Crippen LogP contribution in [-0.4, -0.2) is 18.5 Å². The fourth-order valence-corrected chi connectivity index (χ4v) is 0.909. The van der Waals surface area contributed by atoms with Crippen molar-refractivity contribution in [1.29, 1.82) is 0 Å². The summed E-state index contributed by atoms with van der Waals surface area (Å²) in [4.78, 5) is 4.17. The van der Waals surface area contributed by atoms with Gasteiger partial charge in [0.2, 0.25) is 0 Å². The summed E-state index contributed by atoms with van der Waals surface area (Å²) in [7, 11) is 0. The zero-order valence-corrected chi connectivity index (χ0v) is 7.59. The zero-order valence-electron chi connectivity index (χ0n) is 7.59. The van der Waals surface area contributed by atoms with Crippen LogP contribution in [0.25, 0.3) is 0 Å². The molecule has 3 nitrogen and oxygen atoms in total. The highest BCUT2D eigenvalue weighted by Crippen LogP contribution is 2.17. The van der Waals surface area contributed by atoms with Gasteiger partial charge in [-0.25, -0.2) is 0 Å². The lowest BCUT2D eigenvalue weighted by Crippen LogP contribution is -2.33. The Morgan fingerprint density at radius 1 is 1.67 bits per heavy atom. The molecule has 0 radical (unpaired) electrons. The van der Waals surface area contributed by atoms with Crippen molar-refractivity contribution >= 4 is 5.96 Å². The van der Waals surface area contributed by atoms with E-state index in [0.717, 1.165) is 13.0 Å². The standard InChI is InChI=1S/C9H17N3/c1-2-3-4-7-11-9(10)12-8-5-6-8/h2-3,8H,4-7H2,1H3,(H3,10,11,12)/b3-2+. The lowest BCUT2D eigenvalue weighted by atomic mass is 10.4. The summed E-state index contributed by atoms with van der Waals surface area (Å²) in [5.41, 5.74) is 5.61. The Labute approximate surface area is 73.7 Å². The zero-order chi connectivity index (χ0) is 8.81.